The van der Waals surface area contributed by atoms with Crippen LogP contribution in [0, 0.1) is 0 Å². The number of hydrogen-bond acceptors (Lipinski definition) is 2. The molecule has 2 N–H and O–H groups in total. The van der Waals surface area contributed by atoms with Crippen LogP contribution in [0.15, 0.2) is 41.8 Å². The van der Waals surface area contributed by atoms with Gasteiger partial charge in [-0.2, -0.15) is 0 Å². The third-order valence-corrected chi connectivity index (χ3v) is 3.10. The van der Waals surface area contributed by atoms with Gasteiger partial charge in [0.2, 0.25) is 5.91 Å². The van der Waals surface area contributed by atoms with Gasteiger partial charge in [0.15, 0.2) is 0 Å². The molecule has 0 spiro atoms. The van der Waals surface area contributed by atoms with Crippen molar-refractivity contribution in [2.45, 2.75) is 6.42 Å². The van der Waals surface area contributed by atoms with E-state index in [1.54, 1.807) is 17.4 Å². The second-order valence-corrected chi connectivity index (χ2v) is 4.31. The number of hydrogen-bond donors (Lipinski definition) is 1. The van der Waals surface area contributed by atoms with E-state index in [2.05, 4.69) is 6.07 Å². The van der Waals surface area contributed by atoms with Gasteiger partial charge in [-0.25, -0.2) is 0 Å². The molecule has 1 aromatic carbocycles. The first-order chi connectivity index (χ1) is 7.27. The molecule has 0 bridgehead atoms. The smallest absolute Gasteiger partial charge is 0.248 e. The van der Waals surface area contributed by atoms with Gasteiger partial charge >= 0.3 is 0 Å². The zero-order valence-electron chi connectivity index (χ0n) is 8.55. The van der Waals surface area contributed by atoms with E-state index in [-0.39, 0.29) is 18.3 Å². The van der Waals surface area contributed by atoms with E-state index < -0.39 is 0 Å². The standard InChI is InChI=1S/C12H11NOS.ClH/c13-12(14)11-6-2-1-4-9(11)8-10-5-3-7-15-10;/h1-7H,8H2,(H2,13,14);1H. The molecule has 84 valence electrons. The van der Waals surface area contributed by atoms with Crippen molar-refractivity contribution < 1.29 is 4.79 Å². The lowest BCUT2D eigenvalue weighted by molar-refractivity contribution is 0.0999. The van der Waals surface area contributed by atoms with E-state index in [1.807, 2.05) is 29.6 Å². The van der Waals surface area contributed by atoms with Crippen molar-refractivity contribution in [3.8, 4) is 0 Å². The summed E-state index contributed by atoms with van der Waals surface area (Å²) in [7, 11) is 0. The second-order valence-electron chi connectivity index (χ2n) is 3.28. The fourth-order valence-corrected chi connectivity index (χ4v) is 2.24. The van der Waals surface area contributed by atoms with Crippen LogP contribution < -0.4 is 5.73 Å². The monoisotopic (exact) mass is 253 g/mol. The Bertz CT molecular complexity index is 468. The minimum absolute atomic E-state index is 0. The van der Waals surface area contributed by atoms with Gasteiger partial charge in [-0.1, -0.05) is 24.3 Å². The molecule has 0 saturated heterocycles. The molecule has 1 aromatic heterocycles. The summed E-state index contributed by atoms with van der Waals surface area (Å²) in [6, 6.07) is 11.5. The average molecular weight is 254 g/mol. The van der Waals surface area contributed by atoms with Gasteiger partial charge in [0.1, 0.15) is 0 Å². The van der Waals surface area contributed by atoms with Crippen LogP contribution in [0.4, 0.5) is 0 Å². The number of carbonyl (C=O) groups excluding carboxylic acids is 1. The zero-order valence-corrected chi connectivity index (χ0v) is 10.2. The fraction of sp³-hybridized carbons (Fsp3) is 0.0833. The highest BCUT2D eigenvalue weighted by atomic mass is 35.5. The first-order valence-electron chi connectivity index (χ1n) is 4.67. The van der Waals surface area contributed by atoms with E-state index in [0.717, 1.165) is 12.0 Å². The quantitative estimate of drug-likeness (QED) is 0.898. The molecule has 2 rings (SSSR count). The molecule has 0 aliphatic rings. The van der Waals surface area contributed by atoms with Gasteiger partial charge in [0, 0.05) is 16.9 Å². The summed E-state index contributed by atoms with van der Waals surface area (Å²) in [4.78, 5) is 12.4. The van der Waals surface area contributed by atoms with Crippen molar-refractivity contribution in [1.82, 2.24) is 0 Å². The number of amides is 1. The highest BCUT2D eigenvalue weighted by Crippen LogP contribution is 2.17. The summed E-state index contributed by atoms with van der Waals surface area (Å²) in [5, 5.41) is 2.03. The van der Waals surface area contributed by atoms with Gasteiger partial charge in [-0.05, 0) is 23.1 Å². The van der Waals surface area contributed by atoms with Gasteiger partial charge in [0.25, 0.3) is 0 Å². The molecule has 2 aromatic rings. The SMILES string of the molecule is Cl.NC(=O)c1ccccc1Cc1cccs1. The van der Waals surface area contributed by atoms with Crippen LogP contribution in [0.25, 0.3) is 0 Å². The Morgan fingerprint density at radius 2 is 1.94 bits per heavy atom. The summed E-state index contributed by atoms with van der Waals surface area (Å²) >= 11 is 1.69. The maximum absolute atomic E-state index is 11.2. The highest BCUT2D eigenvalue weighted by Gasteiger charge is 2.07. The Morgan fingerprint density at radius 3 is 2.56 bits per heavy atom. The molecular weight excluding hydrogens is 242 g/mol. The number of benzene rings is 1. The molecule has 0 fully saturated rings. The molecule has 16 heavy (non-hydrogen) atoms. The molecule has 0 aliphatic heterocycles. The number of thiophene rings is 1. The molecule has 2 nitrogen and oxygen atoms in total. The average Bonchev–Trinajstić information content (AvgIpc) is 2.71. The molecule has 1 amide bonds. The van der Waals surface area contributed by atoms with E-state index in [4.69, 9.17) is 5.73 Å². The van der Waals surface area contributed by atoms with Gasteiger partial charge in [-0.15, -0.1) is 23.7 Å². The number of nitrogens with two attached hydrogens (primary N) is 1. The molecule has 0 saturated carbocycles. The first kappa shape index (κ1) is 12.7. The van der Waals surface area contributed by atoms with Crippen molar-refractivity contribution in [2.24, 2.45) is 5.73 Å². The lowest BCUT2D eigenvalue weighted by Gasteiger charge is -2.04. The van der Waals surface area contributed by atoms with E-state index in [0.29, 0.717) is 5.56 Å². The van der Waals surface area contributed by atoms with E-state index in [1.165, 1.54) is 4.88 Å². The summed E-state index contributed by atoms with van der Waals surface area (Å²) in [6.45, 7) is 0. The van der Waals surface area contributed by atoms with Gasteiger partial charge in [0.05, 0.1) is 0 Å². The van der Waals surface area contributed by atoms with Crippen LogP contribution in [0.1, 0.15) is 20.8 Å². The van der Waals surface area contributed by atoms with Crippen LogP contribution in [-0.4, -0.2) is 5.91 Å². The molecular formula is C12H12ClNOS. The lowest BCUT2D eigenvalue weighted by Crippen LogP contribution is -2.13. The highest BCUT2D eigenvalue weighted by molar-refractivity contribution is 7.09. The van der Waals surface area contributed by atoms with E-state index in [9.17, 15) is 4.79 Å². The second kappa shape index (κ2) is 5.68. The Labute approximate surface area is 105 Å². The maximum Gasteiger partial charge on any atom is 0.248 e. The maximum atomic E-state index is 11.2. The summed E-state index contributed by atoms with van der Waals surface area (Å²) in [5.41, 5.74) is 6.92. The summed E-state index contributed by atoms with van der Waals surface area (Å²) < 4.78 is 0. The zero-order chi connectivity index (χ0) is 10.7. The molecule has 1 heterocycles. The lowest BCUT2D eigenvalue weighted by atomic mass is 10.0. The minimum Gasteiger partial charge on any atom is -0.366 e. The number of rotatable bonds is 3. The molecule has 0 radical (unpaired) electrons. The number of halogens is 1. The van der Waals surface area contributed by atoms with Crippen LogP contribution in [-0.2, 0) is 6.42 Å². The normalized spacial score (nSPS) is 9.50. The van der Waals surface area contributed by atoms with Crippen molar-refractivity contribution >= 4 is 29.7 Å². The Hall–Kier alpha value is -1.32. The number of carbonyl (C=O) groups is 1. The van der Waals surface area contributed by atoms with Crippen molar-refractivity contribution in [1.29, 1.82) is 0 Å². The van der Waals surface area contributed by atoms with Crippen molar-refractivity contribution in [2.75, 3.05) is 0 Å². The first-order valence-corrected chi connectivity index (χ1v) is 5.55. The van der Waals surface area contributed by atoms with Crippen LogP contribution in [0.3, 0.4) is 0 Å². The summed E-state index contributed by atoms with van der Waals surface area (Å²) in [6.07, 6.45) is 0.775. The number of primary amides is 1. The van der Waals surface area contributed by atoms with Crippen molar-refractivity contribution in [3.05, 3.63) is 57.8 Å². The molecule has 0 unspecified atom stereocenters. The predicted octanol–water partition coefficient (Wildman–Crippen LogP) is 2.86. The minimum atomic E-state index is -0.359. The molecule has 4 heteroatoms. The van der Waals surface area contributed by atoms with Gasteiger partial charge < -0.3 is 5.73 Å². The third-order valence-electron chi connectivity index (χ3n) is 2.23. The predicted molar refractivity (Wildman–Crippen MR) is 69.3 cm³/mol. The largest absolute Gasteiger partial charge is 0.366 e. The molecule has 0 atom stereocenters. The topological polar surface area (TPSA) is 43.1 Å². The summed E-state index contributed by atoms with van der Waals surface area (Å²) in [5.74, 6) is -0.359. The third kappa shape index (κ3) is 2.84. The van der Waals surface area contributed by atoms with Crippen LogP contribution in [0.5, 0.6) is 0 Å². The van der Waals surface area contributed by atoms with Gasteiger partial charge in [-0.3, -0.25) is 4.79 Å². The fourth-order valence-electron chi connectivity index (χ4n) is 1.52. The molecule has 0 aliphatic carbocycles. The Balaban J connectivity index is 0.00000128. The van der Waals surface area contributed by atoms with Crippen LogP contribution >= 0.6 is 23.7 Å². The van der Waals surface area contributed by atoms with Crippen molar-refractivity contribution in [3.63, 3.8) is 0 Å². The van der Waals surface area contributed by atoms with Crippen LogP contribution in [0.2, 0.25) is 0 Å². The Morgan fingerprint density at radius 1 is 1.19 bits per heavy atom. The Kier molecular flexibility index (Phi) is 4.52. The van der Waals surface area contributed by atoms with E-state index >= 15 is 0 Å².